The molecule has 2 aliphatic carbocycles. The average Bonchev–Trinajstić information content (AvgIpc) is 3.43. The molecule has 1 atom stereocenters. The fourth-order valence-corrected chi connectivity index (χ4v) is 13.9. The number of nitrogens with zero attached hydrogens (tertiary/aromatic N) is 4. The number of rotatable bonds is 5. The molecule has 1 aromatic heterocycles. The number of benzene rings is 5. The molecule has 5 aromatic carbocycles. The van der Waals surface area contributed by atoms with Crippen LogP contribution < -0.4 is 10.2 Å². The number of anilines is 3. The van der Waals surface area contributed by atoms with Crippen LogP contribution in [0.15, 0.2) is 133 Å². The number of hydrogen-bond acceptors (Lipinski definition) is 5. The summed E-state index contributed by atoms with van der Waals surface area (Å²) in [5.74, 6) is 2.96. The van der Waals surface area contributed by atoms with E-state index >= 15 is 4.57 Å². The molecule has 1 unspecified atom stereocenters. The first kappa shape index (κ1) is 33.4. The Hall–Kier alpha value is -5.12. The van der Waals surface area contributed by atoms with Gasteiger partial charge in [-0.1, -0.05) is 147 Å². The van der Waals surface area contributed by atoms with Gasteiger partial charge in [-0.2, -0.15) is 9.97 Å². The summed E-state index contributed by atoms with van der Waals surface area (Å²) in [7, 11) is -3.05. The molecule has 0 spiro atoms. The van der Waals surface area contributed by atoms with E-state index in [-0.39, 0.29) is 11.6 Å². The molecule has 3 heterocycles. The Morgan fingerprint density at radius 1 is 0.519 bits per heavy atom. The predicted octanol–water partition coefficient (Wildman–Crippen LogP) is 12.4. The van der Waals surface area contributed by atoms with Gasteiger partial charge in [0.05, 0.1) is 11.4 Å². The highest BCUT2D eigenvalue weighted by atomic mass is 31.2. The summed E-state index contributed by atoms with van der Waals surface area (Å²) in [4.78, 5) is 18.2. The molecule has 54 heavy (non-hydrogen) atoms. The Bertz CT molecular complexity index is 2410. The number of para-hydroxylation sites is 2. The lowest BCUT2D eigenvalue weighted by Crippen LogP contribution is -2.21. The quantitative estimate of drug-likeness (QED) is 0.131. The first-order chi connectivity index (χ1) is 26.7. The third-order valence-electron chi connectivity index (χ3n) is 12.5. The highest BCUT2D eigenvalue weighted by Gasteiger charge is 2.49. The summed E-state index contributed by atoms with van der Waals surface area (Å²) in [5, 5.41) is 2.07. The van der Waals surface area contributed by atoms with Crippen molar-refractivity contribution in [2.75, 3.05) is 4.90 Å². The van der Waals surface area contributed by atoms with Crippen molar-refractivity contribution in [2.45, 2.75) is 81.7 Å². The largest absolute Gasteiger partial charge is 0.313 e. The van der Waals surface area contributed by atoms with Gasteiger partial charge in [-0.15, -0.1) is 0 Å². The van der Waals surface area contributed by atoms with E-state index < -0.39 is 7.14 Å². The summed E-state index contributed by atoms with van der Waals surface area (Å²) >= 11 is 0. The Labute approximate surface area is 318 Å². The first-order valence-electron chi connectivity index (χ1n) is 20.0. The van der Waals surface area contributed by atoms with Crippen LogP contribution in [-0.2, 0) is 4.57 Å². The SMILES string of the molecule is O=P1(C2CCCCCC2)C2=C(c3ccccc3N(c3nc(-c4ccccc4)nc(C4CCC(c5ccccc5)CC4)n3)c3ccccc32)c2ccccc21. The molecular weight excluding hydrogens is 680 g/mol. The second-order valence-electron chi connectivity index (χ2n) is 15.6. The van der Waals surface area contributed by atoms with E-state index in [1.54, 1.807) is 0 Å². The van der Waals surface area contributed by atoms with Gasteiger partial charge in [0.15, 0.2) is 5.82 Å². The van der Waals surface area contributed by atoms with Crippen molar-refractivity contribution in [3.8, 4) is 11.4 Å². The maximum absolute atomic E-state index is 16.4. The summed E-state index contributed by atoms with van der Waals surface area (Å²) in [6.45, 7) is 0. The standard InChI is InChI=1S/C48H45N4OP/c53-54(37-21-9-1-2-10-22-37)43-28-16-13-25-40(43)44-38-23-11-14-26-41(38)52(42-27-15-12-24-39(42)45(44)54)48-50-46(35-19-7-4-8-20-35)49-47(51-48)36-31-29-34(30-32-36)33-17-5-3-6-18-33/h3-8,11-20,23-28,34,36-37H,1-2,9-10,21-22,29-32H2. The van der Waals surface area contributed by atoms with Gasteiger partial charge in [0.2, 0.25) is 5.95 Å². The second kappa shape index (κ2) is 13.9. The van der Waals surface area contributed by atoms with Crippen molar-refractivity contribution in [3.63, 3.8) is 0 Å². The Balaban J connectivity index is 1.16. The van der Waals surface area contributed by atoms with Crippen LogP contribution in [0.5, 0.6) is 0 Å². The highest BCUT2D eigenvalue weighted by Crippen LogP contribution is 2.73. The van der Waals surface area contributed by atoms with E-state index in [9.17, 15) is 0 Å². The molecule has 268 valence electrons. The summed E-state index contributed by atoms with van der Waals surface area (Å²) in [6.07, 6.45) is 11.0. The van der Waals surface area contributed by atoms with Crippen LogP contribution in [0, 0.1) is 0 Å². The molecule has 0 bridgehead atoms. The average molecular weight is 725 g/mol. The Morgan fingerprint density at radius 2 is 1.09 bits per heavy atom. The highest BCUT2D eigenvalue weighted by molar-refractivity contribution is 7.83. The molecule has 5 nitrogen and oxygen atoms in total. The zero-order valence-corrected chi connectivity index (χ0v) is 31.5. The molecule has 2 aliphatic heterocycles. The van der Waals surface area contributed by atoms with Crippen LogP contribution in [-0.4, -0.2) is 20.6 Å². The number of aromatic nitrogens is 3. The predicted molar refractivity (Wildman–Crippen MR) is 221 cm³/mol. The zero-order chi connectivity index (χ0) is 36.1. The molecule has 0 N–H and O–H groups in total. The van der Waals surface area contributed by atoms with Crippen molar-refractivity contribution < 1.29 is 4.57 Å². The molecule has 0 amide bonds. The molecule has 4 aliphatic rings. The minimum Gasteiger partial charge on any atom is -0.313 e. The number of fused-ring (bicyclic) bond motifs is 6. The van der Waals surface area contributed by atoms with Crippen molar-refractivity contribution in [3.05, 3.63) is 162 Å². The van der Waals surface area contributed by atoms with Crippen LogP contribution in [0.2, 0.25) is 0 Å². The van der Waals surface area contributed by atoms with Gasteiger partial charge in [-0.05, 0) is 67.7 Å². The second-order valence-corrected chi connectivity index (χ2v) is 18.5. The lowest BCUT2D eigenvalue weighted by Gasteiger charge is -2.31. The van der Waals surface area contributed by atoms with Crippen molar-refractivity contribution in [1.29, 1.82) is 0 Å². The van der Waals surface area contributed by atoms with Gasteiger partial charge in [0.25, 0.3) is 0 Å². The maximum Gasteiger partial charge on any atom is 0.238 e. The van der Waals surface area contributed by atoms with Crippen molar-refractivity contribution in [2.24, 2.45) is 0 Å². The minimum absolute atomic E-state index is 0.125. The first-order valence-corrected chi connectivity index (χ1v) is 21.8. The van der Waals surface area contributed by atoms with E-state index in [0.717, 1.165) is 107 Å². The molecule has 6 aromatic rings. The van der Waals surface area contributed by atoms with Gasteiger partial charge in [0.1, 0.15) is 13.0 Å². The van der Waals surface area contributed by atoms with Crippen molar-refractivity contribution >= 4 is 40.7 Å². The third-order valence-corrected chi connectivity index (χ3v) is 16.3. The summed E-state index contributed by atoms with van der Waals surface area (Å²) in [6, 6.07) is 47.1. The van der Waals surface area contributed by atoms with Crippen LogP contribution in [0.1, 0.15) is 104 Å². The fourth-order valence-electron chi connectivity index (χ4n) is 9.86. The molecule has 2 saturated carbocycles. The van der Waals surface area contributed by atoms with Gasteiger partial charge in [-0.3, -0.25) is 4.90 Å². The fraction of sp³-hybridized carbons (Fsp3) is 0.271. The van der Waals surface area contributed by atoms with Crippen LogP contribution >= 0.6 is 7.14 Å². The van der Waals surface area contributed by atoms with E-state index in [2.05, 4.69) is 132 Å². The Morgan fingerprint density at radius 3 is 1.81 bits per heavy atom. The molecular formula is C48H45N4OP. The van der Waals surface area contributed by atoms with Crippen LogP contribution in [0.25, 0.3) is 22.3 Å². The van der Waals surface area contributed by atoms with E-state index in [1.807, 2.05) is 6.07 Å². The monoisotopic (exact) mass is 724 g/mol. The normalized spacial score (nSPS) is 22.4. The lowest BCUT2D eigenvalue weighted by molar-refractivity contribution is 0.385. The van der Waals surface area contributed by atoms with Crippen molar-refractivity contribution in [1.82, 2.24) is 15.0 Å². The van der Waals surface area contributed by atoms with E-state index in [4.69, 9.17) is 15.0 Å². The van der Waals surface area contributed by atoms with Gasteiger partial charge < -0.3 is 4.57 Å². The molecule has 6 heteroatoms. The topological polar surface area (TPSA) is 59.0 Å². The summed E-state index contributed by atoms with van der Waals surface area (Å²) < 4.78 is 16.4. The Kier molecular flexibility index (Phi) is 8.64. The van der Waals surface area contributed by atoms with Gasteiger partial charge in [-0.25, -0.2) is 4.98 Å². The number of hydrogen-bond donors (Lipinski definition) is 0. The van der Waals surface area contributed by atoms with Gasteiger partial charge >= 0.3 is 0 Å². The van der Waals surface area contributed by atoms with E-state index in [1.165, 1.54) is 18.4 Å². The molecule has 0 saturated heterocycles. The van der Waals surface area contributed by atoms with Gasteiger partial charge in [0, 0.05) is 44.5 Å². The smallest absolute Gasteiger partial charge is 0.238 e. The maximum atomic E-state index is 16.4. The molecule has 2 fully saturated rings. The third kappa shape index (κ3) is 5.59. The summed E-state index contributed by atoms with van der Waals surface area (Å²) in [5.41, 5.74) is 8.83. The van der Waals surface area contributed by atoms with E-state index in [0.29, 0.717) is 17.7 Å². The lowest BCUT2D eigenvalue weighted by atomic mass is 9.78. The molecule has 0 radical (unpaired) electrons. The van der Waals surface area contributed by atoms with Crippen LogP contribution in [0.3, 0.4) is 0 Å². The minimum atomic E-state index is -3.05. The van der Waals surface area contributed by atoms with Crippen LogP contribution in [0.4, 0.5) is 17.3 Å². The zero-order valence-electron chi connectivity index (χ0n) is 30.6. The molecule has 10 rings (SSSR count).